The number of imidazole rings is 1. The van der Waals surface area contributed by atoms with Crippen molar-refractivity contribution in [3.63, 3.8) is 0 Å². The predicted octanol–water partition coefficient (Wildman–Crippen LogP) is 3.99. The number of nitrogens with one attached hydrogen (secondary N) is 2. The van der Waals surface area contributed by atoms with Gasteiger partial charge in [0.2, 0.25) is 0 Å². The van der Waals surface area contributed by atoms with Crippen LogP contribution in [0, 0.1) is 13.8 Å². The van der Waals surface area contributed by atoms with Crippen LogP contribution in [-0.4, -0.2) is 61.7 Å². The molecule has 2 amide bonds. The van der Waals surface area contributed by atoms with Crippen molar-refractivity contribution in [2.75, 3.05) is 13.6 Å². The third-order valence-corrected chi connectivity index (χ3v) is 7.42. The number of rotatable bonds is 6. The van der Waals surface area contributed by atoms with Gasteiger partial charge in [0.05, 0.1) is 35.5 Å². The summed E-state index contributed by atoms with van der Waals surface area (Å²) in [6.45, 7) is 4.46. The minimum Gasteiger partial charge on any atom is -0.347 e. The Morgan fingerprint density at radius 1 is 0.950 bits per heavy atom. The van der Waals surface area contributed by atoms with Crippen molar-refractivity contribution in [3.8, 4) is 16.9 Å². The maximum Gasteiger partial charge on any atom is 0.255 e. The normalized spacial score (nSPS) is 16.9. The molecule has 1 fully saturated rings. The molecular weight excluding hydrogens is 502 g/mol. The first-order valence-corrected chi connectivity index (χ1v) is 13.4. The van der Waals surface area contributed by atoms with Gasteiger partial charge in [-0.2, -0.15) is 5.10 Å². The lowest BCUT2D eigenvalue weighted by Gasteiger charge is -2.24. The van der Waals surface area contributed by atoms with Gasteiger partial charge in [0.1, 0.15) is 5.65 Å². The van der Waals surface area contributed by atoms with E-state index in [0.717, 1.165) is 28.3 Å². The quantitative estimate of drug-likeness (QED) is 0.344. The van der Waals surface area contributed by atoms with E-state index in [2.05, 4.69) is 32.8 Å². The molecule has 3 aromatic heterocycles. The number of benzene rings is 2. The first kappa shape index (κ1) is 25.5. The van der Waals surface area contributed by atoms with Crippen LogP contribution in [0.25, 0.3) is 22.6 Å². The minimum absolute atomic E-state index is 0.0510. The highest BCUT2D eigenvalue weighted by Gasteiger charge is 2.35. The van der Waals surface area contributed by atoms with Gasteiger partial charge in [0.25, 0.3) is 11.8 Å². The minimum atomic E-state index is -0.188. The van der Waals surface area contributed by atoms with Gasteiger partial charge < -0.3 is 15.5 Å². The summed E-state index contributed by atoms with van der Waals surface area (Å²) in [7, 11) is 1.83. The summed E-state index contributed by atoms with van der Waals surface area (Å²) < 4.78 is 3.91. The maximum absolute atomic E-state index is 13.2. The highest BCUT2D eigenvalue weighted by atomic mass is 16.2. The number of aryl methyl sites for hydroxylation is 2. The van der Waals surface area contributed by atoms with Crippen LogP contribution >= 0.6 is 0 Å². The van der Waals surface area contributed by atoms with Crippen molar-refractivity contribution < 1.29 is 9.59 Å². The maximum atomic E-state index is 13.2. The van der Waals surface area contributed by atoms with Gasteiger partial charge in [-0.25, -0.2) is 9.67 Å². The lowest BCUT2D eigenvalue weighted by Crippen LogP contribution is -2.43. The summed E-state index contributed by atoms with van der Waals surface area (Å²) in [4.78, 5) is 32.6. The van der Waals surface area contributed by atoms with Crippen LogP contribution in [0.1, 0.15) is 38.5 Å². The average Bonchev–Trinajstić information content (AvgIpc) is 3.68. The Labute approximate surface area is 232 Å². The molecule has 0 saturated carbocycles. The zero-order chi connectivity index (χ0) is 27.8. The number of pyridine rings is 1. The van der Waals surface area contributed by atoms with Crippen LogP contribution in [0.2, 0.25) is 0 Å². The first-order chi connectivity index (χ1) is 19.4. The molecule has 2 atom stereocenters. The van der Waals surface area contributed by atoms with E-state index >= 15 is 0 Å². The van der Waals surface area contributed by atoms with Crippen LogP contribution in [0.15, 0.2) is 85.2 Å². The Morgan fingerprint density at radius 2 is 1.77 bits per heavy atom. The van der Waals surface area contributed by atoms with Crippen molar-refractivity contribution in [2.24, 2.45) is 0 Å². The molecule has 40 heavy (non-hydrogen) atoms. The number of amides is 2. The largest absolute Gasteiger partial charge is 0.347 e. The second kappa shape index (κ2) is 10.4. The molecule has 1 aliphatic rings. The lowest BCUT2D eigenvalue weighted by atomic mass is 10.1. The van der Waals surface area contributed by atoms with Gasteiger partial charge in [0, 0.05) is 41.5 Å². The van der Waals surface area contributed by atoms with Crippen molar-refractivity contribution in [1.29, 1.82) is 0 Å². The molecule has 0 aliphatic carbocycles. The number of carbonyl (C=O) groups excluding carboxylic acids is 2. The fraction of sp³-hybridized carbons (Fsp3) is 0.226. The summed E-state index contributed by atoms with van der Waals surface area (Å²) in [6, 6.07) is 22.9. The highest BCUT2D eigenvalue weighted by Crippen LogP contribution is 2.25. The summed E-state index contributed by atoms with van der Waals surface area (Å²) in [6.07, 6.45) is 4.17. The van der Waals surface area contributed by atoms with E-state index < -0.39 is 0 Å². The third kappa shape index (κ3) is 4.76. The van der Waals surface area contributed by atoms with Crippen molar-refractivity contribution in [1.82, 2.24) is 34.7 Å². The van der Waals surface area contributed by atoms with Gasteiger partial charge in [-0.3, -0.25) is 14.0 Å². The molecule has 0 unspecified atom stereocenters. The van der Waals surface area contributed by atoms with E-state index in [0.29, 0.717) is 29.7 Å². The van der Waals surface area contributed by atoms with Crippen molar-refractivity contribution >= 4 is 17.5 Å². The summed E-state index contributed by atoms with van der Waals surface area (Å²) >= 11 is 0. The molecule has 0 spiro atoms. The number of fused-ring (bicyclic) bond motifs is 1. The fourth-order valence-electron chi connectivity index (χ4n) is 5.48. The molecule has 6 rings (SSSR count). The van der Waals surface area contributed by atoms with Gasteiger partial charge in [-0.05, 0) is 63.4 Å². The van der Waals surface area contributed by atoms with E-state index in [4.69, 9.17) is 0 Å². The molecule has 1 saturated heterocycles. The number of nitrogens with zero attached hydrogens (tertiary/aromatic N) is 5. The zero-order valence-electron chi connectivity index (χ0n) is 22.7. The second-order valence-corrected chi connectivity index (χ2v) is 10.2. The molecular formula is C31H31N7O2. The molecule has 202 valence electrons. The Hall–Kier alpha value is -4.76. The molecule has 1 aliphatic heterocycles. The lowest BCUT2D eigenvalue weighted by molar-refractivity contribution is 0.0712. The Bertz CT molecular complexity index is 1710. The van der Waals surface area contributed by atoms with Crippen LogP contribution in [0.4, 0.5) is 0 Å². The average molecular weight is 534 g/mol. The SMILES string of the molecule is CN[C@H]1C[C@H](NC(=O)c2ccn3c(-c4cccc(-n5nc(C)cc5C)c4)cnc3c2)CN1C(=O)c1ccccc1. The number of likely N-dealkylation sites (tertiary alicyclic amines) is 1. The van der Waals surface area contributed by atoms with Gasteiger partial charge in [-0.15, -0.1) is 0 Å². The summed E-state index contributed by atoms with van der Waals surface area (Å²) in [5, 5.41) is 10.9. The smallest absolute Gasteiger partial charge is 0.255 e. The molecule has 5 aromatic rings. The fourth-order valence-corrected chi connectivity index (χ4v) is 5.48. The number of aromatic nitrogens is 4. The number of hydrogen-bond acceptors (Lipinski definition) is 5. The molecule has 9 heteroatoms. The van der Waals surface area contributed by atoms with Gasteiger partial charge in [0.15, 0.2) is 0 Å². The van der Waals surface area contributed by atoms with Crippen molar-refractivity contribution in [3.05, 3.63) is 108 Å². The topological polar surface area (TPSA) is 96.6 Å². The molecule has 9 nitrogen and oxygen atoms in total. The molecule has 2 N–H and O–H groups in total. The molecule has 0 radical (unpaired) electrons. The van der Waals surface area contributed by atoms with E-state index in [1.807, 2.05) is 90.9 Å². The van der Waals surface area contributed by atoms with Crippen molar-refractivity contribution in [2.45, 2.75) is 32.5 Å². The van der Waals surface area contributed by atoms with Crippen LogP contribution in [0.5, 0.6) is 0 Å². The number of hydrogen-bond donors (Lipinski definition) is 2. The van der Waals surface area contributed by atoms with E-state index in [1.165, 1.54) is 0 Å². The molecule has 2 aromatic carbocycles. The third-order valence-electron chi connectivity index (χ3n) is 7.42. The van der Waals surface area contributed by atoms with E-state index in [-0.39, 0.29) is 24.0 Å². The summed E-state index contributed by atoms with van der Waals surface area (Å²) in [5.74, 6) is -0.239. The monoisotopic (exact) mass is 533 g/mol. The zero-order valence-corrected chi connectivity index (χ0v) is 22.7. The predicted molar refractivity (Wildman–Crippen MR) is 153 cm³/mol. The van der Waals surface area contributed by atoms with E-state index in [9.17, 15) is 9.59 Å². The Kier molecular flexibility index (Phi) is 6.65. The number of carbonyl (C=O) groups is 2. The Balaban J connectivity index is 1.19. The van der Waals surface area contributed by atoms with Crippen LogP contribution in [0.3, 0.4) is 0 Å². The highest BCUT2D eigenvalue weighted by molar-refractivity contribution is 5.96. The first-order valence-electron chi connectivity index (χ1n) is 13.4. The standard InChI is InChI=1S/C31H31N7O2/c1-20-14-21(2)38(35-20)26-11-7-10-23(15-26)27-18-33-29-16-24(12-13-36(27)29)30(39)34-25-17-28(32-3)37(19-25)31(40)22-8-5-4-6-9-22/h4-16,18,25,28,32H,17,19H2,1-3H3,(H,34,39)/t25-,28+/m0/s1. The molecule has 0 bridgehead atoms. The van der Waals surface area contributed by atoms with Crippen LogP contribution < -0.4 is 10.6 Å². The Morgan fingerprint density at radius 3 is 2.52 bits per heavy atom. The van der Waals surface area contributed by atoms with Gasteiger partial charge >= 0.3 is 0 Å². The van der Waals surface area contributed by atoms with Crippen LogP contribution in [-0.2, 0) is 0 Å². The summed E-state index contributed by atoms with van der Waals surface area (Å²) in [5.41, 5.74) is 6.78. The van der Waals surface area contributed by atoms with Gasteiger partial charge in [-0.1, -0.05) is 30.3 Å². The molecule has 4 heterocycles. The second-order valence-electron chi connectivity index (χ2n) is 10.2. The van der Waals surface area contributed by atoms with E-state index in [1.54, 1.807) is 17.0 Å².